The number of anilines is 1. The predicted octanol–water partition coefficient (Wildman–Crippen LogP) is 5.18. The van der Waals surface area contributed by atoms with Crippen LogP contribution < -0.4 is 5.32 Å². The molecule has 4 heteroatoms. The van der Waals surface area contributed by atoms with Gasteiger partial charge in [-0.15, -0.1) is 0 Å². The molecule has 1 heterocycles. The van der Waals surface area contributed by atoms with Crippen LogP contribution in [0.5, 0.6) is 0 Å². The Kier molecular flexibility index (Phi) is 3.79. The minimum atomic E-state index is 0.112. The fraction of sp³-hybridized carbons (Fsp3) is 0.231. The third-order valence-electron chi connectivity index (χ3n) is 2.49. The molecule has 1 N–H and O–H groups in total. The summed E-state index contributed by atoms with van der Waals surface area (Å²) in [6.07, 6.45) is 0. The summed E-state index contributed by atoms with van der Waals surface area (Å²) in [5, 5.41) is 4.08. The van der Waals surface area contributed by atoms with E-state index in [9.17, 15) is 0 Å². The fourth-order valence-corrected chi connectivity index (χ4v) is 2.39. The molecule has 17 heavy (non-hydrogen) atoms. The van der Waals surface area contributed by atoms with Gasteiger partial charge in [0.05, 0.1) is 6.04 Å². The average molecular weight is 315 g/mol. The number of hydrogen-bond donors (Lipinski definition) is 1. The lowest BCUT2D eigenvalue weighted by molar-refractivity contribution is 0.467. The number of aryl methyl sites for hydroxylation is 1. The molecule has 0 spiro atoms. The lowest BCUT2D eigenvalue weighted by atomic mass is 10.2. The largest absolute Gasteiger partial charge is 0.464 e. The van der Waals surface area contributed by atoms with Gasteiger partial charge in [-0.2, -0.15) is 0 Å². The Bertz CT molecular complexity index is 524. The first-order valence-electron chi connectivity index (χ1n) is 5.34. The van der Waals surface area contributed by atoms with Crippen LogP contribution >= 0.6 is 27.5 Å². The van der Waals surface area contributed by atoms with Crippen molar-refractivity contribution in [3.05, 3.63) is 51.3 Å². The van der Waals surface area contributed by atoms with Crippen LogP contribution in [-0.4, -0.2) is 0 Å². The van der Waals surface area contributed by atoms with Crippen molar-refractivity contribution in [3.8, 4) is 0 Å². The smallest absolute Gasteiger partial charge is 0.126 e. The van der Waals surface area contributed by atoms with Gasteiger partial charge in [-0.1, -0.05) is 11.6 Å². The molecule has 1 aromatic heterocycles. The Morgan fingerprint density at radius 1 is 1.29 bits per heavy atom. The van der Waals surface area contributed by atoms with Gasteiger partial charge >= 0.3 is 0 Å². The van der Waals surface area contributed by atoms with Crippen LogP contribution in [0.3, 0.4) is 0 Å². The van der Waals surface area contributed by atoms with Crippen LogP contribution in [0.4, 0.5) is 5.69 Å². The average Bonchev–Trinajstić information content (AvgIpc) is 2.69. The molecule has 0 aliphatic carbocycles. The van der Waals surface area contributed by atoms with Crippen LogP contribution in [-0.2, 0) is 0 Å². The molecule has 1 atom stereocenters. The van der Waals surface area contributed by atoms with Crippen LogP contribution in [0, 0.1) is 6.92 Å². The van der Waals surface area contributed by atoms with Crippen molar-refractivity contribution in [1.82, 2.24) is 0 Å². The van der Waals surface area contributed by atoms with Gasteiger partial charge < -0.3 is 9.73 Å². The lowest BCUT2D eigenvalue weighted by Gasteiger charge is -2.14. The molecular weight excluding hydrogens is 302 g/mol. The molecule has 0 radical (unpaired) electrons. The molecule has 0 saturated carbocycles. The maximum Gasteiger partial charge on any atom is 0.126 e. The Morgan fingerprint density at radius 2 is 2.06 bits per heavy atom. The van der Waals surface area contributed by atoms with E-state index >= 15 is 0 Å². The van der Waals surface area contributed by atoms with E-state index < -0.39 is 0 Å². The van der Waals surface area contributed by atoms with Crippen LogP contribution in [0.1, 0.15) is 24.5 Å². The molecule has 2 rings (SSSR count). The van der Waals surface area contributed by atoms with Gasteiger partial charge in [0.2, 0.25) is 0 Å². The summed E-state index contributed by atoms with van der Waals surface area (Å²) in [5.41, 5.74) is 0.996. The monoisotopic (exact) mass is 313 g/mol. The topological polar surface area (TPSA) is 25.2 Å². The maximum absolute atomic E-state index is 5.90. The van der Waals surface area contributed by atoms with E-state index in [1.165, 1.54) is 0 Å². The van der Waals surface area contributed by atoms with Crippen molar-refractivity contribution >= 4 is 33.2 Å². The highest BCUT2D eigenvalue weighted by atomic mass is 79.9. The number of benzene rings is 1. The number of rotatable bonds is 3. The Morgan fingerprint density at radius 3 is 2.65 bits per heavy atom. The number of hydrogen-bond acceptors (Lipinski definition) is 2. The third kappa shape index (κ3) is 3.05. The van der Waals surface area contributed by atoms with E-state index in [2.05, 4.69) is 28.2 Å². The van der Waals surface area contributed by atoms with Crippen molar-refractivity contribution < 1.29 is 4.42 Å². The first kappa shape index (κ1) is 12.5. The van der Waals surface area contributed by atoms with Crippen molar-refractivity contribution in [2.45, 2.75) is 19.9 Å². The first-order chi connectivity index (χ1) is 8.06. The molecule has 0 amide bonds. The summed E-state index contributed by atoms with van der Waals surface area (Å²) in [5.74, 6) is 1.84. The molecule has 90 valence electrons. The van der Waals surface area contributed by atoms with Gasteiger partial charge in [0, 0.05) is 15.2 Å². The zero-order chi connectivity index (χ0) is 12.4. The zero-order valence-corrected chi connectivity index (χ0v) is 12.0. The van der Waals surface area contributed by atoms with E-state index in [1.54, 1.807) is 0 Å². The van der Waals surface area contributed by atoms with Crippen LogP contribution in [0.15, 0.2) is 39.2 Å². The van der Waals surface area contributed by atoms with E-state index in [1.807, 2.05) is 37.3 Å². The highest BCUT2D eigenvalue weighted by Crippen LogP contribution is 2.29. The summed E-state index contributed by atoms with van der Waals surface area (Å²) in [6, 6.07) is 9.72. The number of halogens is 2. The van der Waals surface area contributed by atoms with Gasteiger partial charge in [-0.25, -0.2) is 0 Å². The zero-order valence-electron chi connectivity index (χ0n) is 9.63. The summed E-state index contributed by atoms with van der Waals surface area (Å²) < 4.78 is 6.52. The summed E-state index contributed by atoms with van der Waals surface area (Å²) in [7, 11) is 0. The van der Waals surface area contributed by atoms with Gasteiger partial charge in [0.25, 0.3) is 0 Å². The van der Waals surface area contributed by atoms with Gasteiger partial charge in [-0.05, 0) is 60.1 Å². The number of furan rings is 1. The van der Waals surface area contributed by atoms with E-state index in [0.29, 0.717) is 5.02 Å². The predicted molar refractivity (Wildman–Crippen MR) is 74.6 cm³/mol. The SMILES string of the molecule is Cc1ccc(C(C)Nc2ccc(Cl)cc2Br)o1. The molecule has 0 aliphatic rings. The molecule has 0 bridgehead atoms. The van der Waals surface area contributed by atoms with Gasteiger partial charge in [-0.3, -0.25) is 0 Å². The second-order valence-corrected chi connectivity index (χ2v) is 5.23. The fourth-order valence-electron chi connectivity index (χ4n) is 1.60. The van der Waals surface area contributed by atoms with E-state index in [4.69, 9.17) is 16.0 Å². The first-order valence-corrected chi connectivity index (χ1v) is 6.51. The summed E-state index contributed by atoms with van der Waals surface area (Å²) in [4.78, 5) is 0. The molecule has 1 unspecified atom stereocenters. The Hall–Kier alpha value is -0.930. The molecular formula is C13H13BrClNO. The standard InChI is InChI=1S/C13H13BrClNO/c1-8-3-6-13(17-8)9(2)16-12-5-4-10(15)7-11(12)14/h3-7,9,16H,1-2H3. The molecule has 1 aromatic carbocycles. The van der Waals surface area contributed by atoms with Gasteiger partial charge in [0.1, 0.15) is 11.5 Å². The lowest BCUT2D eigenvalue weighted by Crippen LogP contribution is -2.05. The van der Waals surface area contributed by atoms with E-state index in [-0.39, 0.29) is 6.04 Å². The second-order valence-electron chi connectivity index (χ2n) is 3.94. The quantitative estimate of drug-likeness (QED) is 0.844. The van der Waals surface area contributed by atoms with Gasteiger partial charge in [0.15, 0.2) is 0 Å². The highest BCUT2D eigenvalue weighted by molar-refractivity contribution is 9.10. The van der Waals surface area contributed by atoms with Crippen LogP contribution in [0.2, 0.25) is 5.02 Å². The maximum atomic E-state index is 5.90. The molecule has 2 aromatic rings. The molecule has 0 aliphatic heterocycles. The summed E-state index contributed by atoms with van der Waals surface area (Å²) in [6.45, 7) is 3.99. The molecule has 0 saturated heterocycles. The van der Waals surface area contributed by atoms with Crippen molar-refractivity contribution in [2.75, 3.05) is 5.32 Å². The third-order valence-corrected chi connectivity index (χ3v) is 3.38. The number of nitrogens with one attached hydrogen (secondary N) is 1. The van der Waals surface area contributed by atoms with Crippen molar-refractivity contribution in [1.29, 1.82) is 0 Å². The Balaban J connectivity index is 2.15. The van der Waals surface area contributed by atoms with Crippen molar-refractivity contribution in [3.63, 3.8) is 0 Å². The highest BCUT2D eigenvalue weighted by Gasteiger charge is 2.10. The van der Waals surface area contributed by atoms with Crippen LogP contribution in [0.25, 0.3) is 0 Å². The van der Waals surface area contributed by atoms with Crippen molar-refractivity contribution in [2.24, 2.45) is 0 Å². The normalized spacial score (nSPS) is 12.5. The molecule has 0 fully saturated rings. The van der Waals surface area contributed by atoms with E-state index in [0.717, 1.165) is 21.7 Å². The minimum absolute atomic E-state index is 0.112. The minimum Gasteiger partial charge on any atom is -0.464 e. The summed E-state index contributed by atoms with van der Waals surface area (Å²) >= 11 is 9.37. The Labute approximate surface area is 114 Å². The molecule has 2 nitrogen and oxygen atoms in total. The second kappa shape index (κ2) is 5.15.